The molecule has 3 saturated carbocycles. The van der Waals surface area contributed by atoms with Crippen LogP contribution in [-0.2, 0) is 14.3 Å². The minimum Gasteiger partial charge on any atom is -0.465 e. The number of ether oxygens (including phenoxy) is 1. The van der Waals surface area contributed by atoms with Crippen LogP contribution < -0.4 is 0 Å². The lowest BCUT2D eigenvalue weighted by molar-refractivity contribution is -0.149. The highest BCUT2D eigenvalue weighted by atomic mass is 16.5. The molecule has 4 rings (SSSR count). The van der Waals surface area contributed by atoms with Gasteiger partial charge in [0.25, 0.3) is 0 Å². The second-order valence-corrected chi connectivity index (χ2v) is 9.07. The van der Waals surface area contributed by atoms with Crippen LogP contribution in [0.4, 0.5) is 0 Å². The van der Waals surface area contributed by atoms with Crippen LogP contribution in [0.3, 0.4) is 0 Å². The normalized spacial score (nSPS) is 44.2. The summed E-state index contributed by atoms with van der Waals surface area (Å²) in [5.74, 6) is 2.27. The maximum Gasteiger partial charge on any atom is 0.302 e. The minimum absolute atomic E-state index is 0.0492. The van der Waals surface area contributed by atoms with Gasteiger partial charge in [-0.15, -0.1) is 0 Å². The van der Waals surface area contributed by atoms with E-state index >= 15 is 0 Å². The molecule has 24 heavy (non-hydrogen) atoms. The first-order valence-corrected chi connectivity index (χ1v) is 9.82. The smallest absolute Gasteiger partial charge is 0.302 e. The molecule has 0 heterocycles. The van der Waals surface area contributed by atoms with Gasteiger partial charge in [0.15, 0.2) is 5.78 Å². The van der Waals surface area contributed by atoms with Crippen molar-refractivity contribution in [1.29, 1.82) is 0 Å². The van der Waals surface area contributed by atoms with Crippen LogP contribution in [0.2, 0.25) is 0 Å². The lowest BCUT2D eigenvalue weighted by Crippen LogP contribution is -2.52. The van der Waals surface area contributed by atoms with Crippen molar-refractivity contribution >= 4 is 11.8 Å². The third-order valence-corrected chi connectivity index (χ3v) is 8.00. The Kier molecular flexibility index (Phi) is 3.89. The fourth-order valence-electron chi connectivity index (χ4n) is 6.86. The molecule has 3 heteroatoms. The van der Waals surface area contributed by atoms with Gasteiger partial charge in [-0.2, -0.15) is 0 Å². The molecule has 3 fully saturated rings. The van der Waals surface area contributed by atoms with Gasteiger partial charge in [0.2, 0.25) is 0 Å². The molecule has 5 atom stereocenters. The fraction of sp³-hybridized carbons (Fsp3) is 0.810. The van der Waals surface area contributed by atoms with Crippen molar-refractivity contribution in [3.63, 3.8) is 0 Å². The molecule has 3 nitrogen and oxygen atoms in total. The number of fused-ring (bicyclic) bond motifs is 5. The lowest BCUT2D eigenvalue weighted by Gasteiger charge is -2.58. The van der Waals surface area contributed by atoms with Crippen molar-refractivity contribution in [2.75, 3.05) is 6.61 Å². The average Bonchev–Trinajstić information content (AvgIpc) is 2.94. The second kappa shape index (κ2) is 5.71. The molecule has 0 radical (unpaired) electrons. The van der Waals surface area contributed by atoms with E-state index in [-0.39, 0.29) is 17.2 Å². The number of carbonyl (C=O) groups is 2. The van der Waals surface area contributed by atoms with Crippen molar-refractivity contribution in [3.05, 3.63) is 11.6 Å². The second-order valence-electron chi connectivity index (χ2n) is 9.07. The van der Waals surface area contributed by atoms with Gasteiger partial charge in [0.1, 0.15) is 6.61 Å². The van der Waals surface area contributed by atoms with Crippen LogP contribution in [0.25, 0.3) is 0 Å². The van der Waals surface area contributed by atoms with Crippen molar-refractivity contribution in [1.82, 2.24) is 0 Å². The van der Waals surface area contributed by atoms with Crippen molar-refractivity contribution in [3.8, 4) is 0 Å². The van der Waals surface area contributed by atoms with Crippen LogP contribution in [0, 0.1) is 28.6 Å². The molecular formula is C21H30O3. The summed E-state index contributed by atoms with van der Waals surface area (Å²) in [6.45, 7) is 4.50. The summed E-state index contributed by atoms with van der Waals surface area (Å²) < 4.78 is 5.57. The lowest BCUT2D eigenvalue weighted by atomic mass is 9.47. The van der Waals surface area contributed by atoms with Crippen LogP contribution in [-0.4, -0.2) is 18.4 Å². The molecule has 0 amide bonds. The molecule has 0 unspecified atom stereocenters. The monoisotopic (exact) mass is 330 g/mol. The Morgan fingerprint density at radius 2 is 2.00 bits per heavy atom. The molecule has 4 aliphatic rings. The Hall–Kier alpha value is -1.12. The first-order valence-electron chi connectivity index (χ1n) is 9.82. The summed E-state index contributed by atoms with van der Waals surface area (Å²) in [5.41, 5.74) is 1.78. The Morgan fingerprint density at radius 1 is 1.17 bits per heavy atom. The zero-order chi connectivity index (χ0) is 16.9. The number of ketones is 1. The summed E-state index contributed by atoms with van der Waals surface area (Å²) in [6, 6.07) is 0. The number of carbonyl (C=O) groups excluding carboxylic acids is 2. The molecule has 0 aromatic carbocycles. The summed E-state index contributed by atoms with van der Waals surface area (Å²) in [7, 11) is 0. The summed E-state index contributed by atoms with van der Waals surface area (Å²) >= 11 is 0. The predicted octanol–water partition coefficient (Wildman–Crippen LogP) is 4.45. The van der Waals surface area contributed by atoms with Gasteiger partial charge < -0.3 is 4.74 Å². The van der Waals surface area contributed by atoms with Crippen LogP contribution in [0.5, 0.6) is 0 Å². The van der Waals surface area contributed by atoms with Gasteiger partial charge in [-0.25, -0.2) is 0 Å². The first-order chi connectivity index (χ1) is 11.4. The average molecular weight is 330 g/mol. The van der Waals surface area contributed by atoms with Gasteiger partial charge in [0.05, 0.1) is 0 Å². The zero-order valence-corrected chi connectivity index (χ0v) is 15.1. The summed E-state index contributed by atoms with van der Waals surface area (Å²) in [4.78, 5) is 23.5. The van der Waals surface area contributed by atoms with Gasteiger partial charge >= 0.3 is 5.97 Å². The Labute approximate surface area is 145 Å². The largest absolute Gasteiger partial charge is 0.465 e. The van der Waals surface area contributed by atoms with Crippen molar-refractivity contribution in [2.24, 2.45) is 28.6 Å². The highest BCUT2D eigenvalue weighted by Crippen LogP contribution is 2.65. The van der Waals surface area contributed by atoms with E-state index < -0.39 is 0 Å². The van der Waals surface area contributed by atoms with Gasteiger partial charge in [-0.05, 0) is 74.2 Å². The molecule has 132 valence electrons. The molecule has 0 N–H and O–H groups in total. The molecule has 0 aromatic rings. The zero-order valence-electron chi connectivity index (χ0n) is 15.1. The van der Waals surface area contributed by atoms with Crippen LogP contribution in [0.15, 0.2) is 11.6 Å². The Balaban J connectivity index is 1.69. The molecule has 0 aliphatic heterocycles. The van der Waals surface area contributed by atoms with Crippen LogP contribution >= 0.6 is 0 Å². The molecule has 0 saturated heterocycles. The van der Waals surface area contributed by atoms with Crippen molar-refractivity contribution < 1.29 is 14.3 Å². The third-order valence-electron chi connectivity index (χ3n) is 8.00. The Bertz CT molecular complexity index is 592. The van der Waals surface area contributed by atoms with Gasteiger partial charge in [-0.3, -0.25) is 9.59 Å². The Morgan fingerprint density at radius 3 is 2.79 bits per heavy atom. The maximum absolute atomic E-state index is 12.0. The van der Waals surface area contributed by atoms with E-state index in [4.69, 9.17) is 4.74 Å². The quantitative estimate of drug-likeness (QED) is 0.703. The van der Waals surface area contributed by atoms with Gasteiger partial charge in [-0.1, -0.05) is 18.9 Å². The van der Waals surface area contributed by atoms with E-state index in [0.717, 1.165) is 24.7 Å². The molecule has 4 aliphatic carbocycles. The summed E-state index contributed by atoms with van der Waals surface area (Å²) in [5, 5.41) is 0. The first kappa shape index (κ1) is 16.4. The number of rotatable bonds is 2. The minimum atomic E-state index is -0.190. The predicted molar refractivity (Wildman–Crippen MR) is 92.3 cm³/mol. The van der Waals surface area contributed by atoms with Gasteiger partial charge in [0, 0.05) is 18.8 Å². The van der Waals surface area contributed by atoms with Crippen molar-refractivity contribution in [2.45, 2.75) is 71.6 Å². The molecular weight excluding hydrogens is 300 g/mol. The maximum atomic E-state index is 12.0. The van der Waals surface area contributed by atoms with Crippen LogP contribution in [0.1, 0.15) is 71.6 Å². The molecule has 0 spiro atoms. The van der Waals surface area contributed by atoms with E-state index in [1.807, 2.05) is 6.08 Å². The highest BCUT2D eigenvalue weighted by Gasteiger charge is 2.58. The standard InChI is InChI=1S/C21H30O3/c1-14(22)24-13-21-11-7-16(23)12-15(21)5-6-17-18-4-3-9-20(18,2)10-8-19(17)21/h12,17-19H,3-11,13H2,1-2H3/t17-,18-,19-,20-,21+/m0/s1. The van der Waals surface area contributed by atoms with E-state index in [2.05, 4.69) is 6.92 Å². The topological polar surface area (TPSA) is 43.4 Å². The summed E-state index contributed by atoms with van der Waals surface area (Å²) in [6.07, 6.45) is 12.4. The molecule has 0 bridgehead atoms. The van der Waals surface area contributed by atoms with E-state index in [9.17, 15) is 9.59 Å². The fourth-order valence-corrected chi connectivity index (χ4v) is 6.86. The highest BCUT2D eigenvalue weighted by molar-refractivity contribution is 5.91. The molecule has 0 aromatic heterocycles. The number of hydrogen-bond acceptors (Lipinski definition) is 3. The van der Waals surface area contributed by atoms with E-state index in [1.54, 1.807) is 0 Å². The van der Waals surface area contributed by atoms with E-state index in [1.165, 1.54) is 51.0 Å². The number of hydrogen-bond donors (Lipinski definition) is 0. The number of esters is 1. The van der Waals surface area contributed by atoms with E-state index in [0.29, 0.717) is 24.4 Å². The SMILES string of the molecule is CC(=O)OC[C@]12CCC(=O)C=C1CC[C@H]1[C@@H]3CCC[C@@]3(C)CC[C@@H]12. The third kappa shape index (κ3) is 2.38.